The summed E-state index contributed by atoms with van der Waals surface area (Å²) in [5.74, 6) is -1.99. The maximum Gasteiger partial charge on any atom is 0.144 e. The molecule has 0 aliphatic heterocycles. The lowest BCUT2D eigenvalue weighted by atomic mass is 9.80. The van der Waals surface area contributed by atoms with E-state index in [0.717, 1.165) is 0 Å². The van der Waals surface area contributed by atoms with Crippen molar-refractivity contribution >= 4 is 28.9 Å². The summed E-state index contributed by atoms with van der Waals surface area (Å²) in [7, 11) is 1.71. The van der Waals surface area contributed by atoms with Gasteiger partial charge in [0.1, 0.15) is 5.92 Å². The average molecular weight is 371 g/mol. The number of aromatic nitrogens is 2. The highest BCUT2D eigenvalue weighted by atomic mass is 35.5. The first-order valence-electron chi connectivity index (χ1n) is 7.05. The molecule has 0 saturated carbocycles. The van der Waals surface area contributed by atoms with E-state index >= 15 is 0 Å². The molecule has 124 valence electrons. The van der Waals surface area contributed by atoms with Crippen LogP contribution in [0.15, 0.2) is 36.2 Å². The molecule has 1 heterocycles. The topological polar surface area (TPSA) is 115 Å². The molecule has 0 spiro atoms. The van der Waals surface area contributed by atoms with Crippen molar-refractivity contribution in [2.75, 3.05) is 0 Å². The third-order valence-corrected chi connectivity index (χ3v) is 4.39. The highest BCUT2D eigenvalue weighted by Gasteiger charge is 2.30. The van der Waals surface area contributed by atoms with Crippen molar-refractivity contribution in [3.8, 4) is 18.2 Å². The van der Waals surface area contributed by atoms with Crippen molar-refractivity contribution in [2.24, 2.45) is 18.7 Å². The second-order valence-electron chi connectivity index (χ2n) is 5.23. The number of nitrogens with two attached hydrogens (primary N) is 1. The summed E-state index contributed by atoms with van der Waals surface area (Å²) in [6.07, 6.45) is 3.15. The minimum atomic E-state index is -1.12. The fourth-order valence-electron chi connectivity index (χ4n) is 2.42. The normalized spacial score (nSPS) is 12.7. The first-order chi connectivity index (χ1) is 11.9. The Hall–Kier alpha value is -2.98. The molecule has 6 nitrogen and oxygen atoms in total. The van der Waals surface area contributed by atoms with Gasteiger partial charge in [0.15, 0.2) is 0 Å². The van der Waals surface area contributed by atoms with Crippen molar-refractivity contribution < 1.29 is 0 Å². The molecular weight excluding hydrogens is 359 g/mol. The summed E-state index contributed by atoms with van der Waals surface area (Å²) in [5.41, 5.74) is 7.43. The standard InChI is InChI=1S/C17H12Cl2N6/c1-25-9-12(8-24-25)17(23)13(7-22)16(11(5-20)6-21)10-2-3-14(18)15(19)4-10/h2-4,8-9,11,16H,23H2,1H3/b17-13-. The molecule has 0 radical (unpaired) electrons. The van der Waals surface area contributed by atoms with Crippen LogP contribution >= 0.6 is 23.2 Å². The Bertz CT molecular complexity index is 941. The Morgan fingerprint density at radius 2 is 1.88 bits per heavy atom. The Balaban J connectivity index is 2.69. The molecule has 2 rings (SSSR count). The molecule has 25 heavy (non-hydrogen) atoms. The summed E-state index contributed by atoms with van der Waals surface area (Å²) in [5, 5.41) is 33.0. The van der Waals surface area contributed by atoms with Crippen LogP contribution in [0.25, 0.3) is 5.70 Å². The molecule has 1 atom stereocenters. The largest absolute Gasteiger partial charge is 0.397 e. The quantitative estimate of drug-likeness (QED) is 0.828. The third kappa shape index (κ3) is 3.75. The number of benzene rings is 1. The van der Waals surface area contributed by atoms with E-state index in [1.807, 2.05) is 18.2 Å². The van der Waals surface area contributed by atoms with Crippen LogP contribution in [0, 0.1) is 39.9 Å². The van der Waals surface area contributed by atoms with Crippen LogP contribution < -0.4 is 5.73 Å². The van der Waals surface area contributed by atoms with Crippen molar-refractivity contribution in [2.45, 2.75) is 5.92 Å². The molecule has 0 bridgehead atoms. The van der Waals surface area contributed by atoms with Crippen LogP contribution in [0.4, 0.5) is 0 Å². The number of nitrogens with zero attached hydrogens (tertiary/aromatic N) is 5. The maximum atomic E-state index is 9.67. The zero-order valence-corrected chi connectivity index (χ0v) is 14.6. The number of nitriles is 3. The molecule has 2 N–H and O–H groups in total. The van der Waals surface area contributed by atoms with Gasteiger partial charge >= 0.3 is 0 Å². The van der Waals surface area contributed by atoms with Gasteiger partial charge in [-0.15, -0.1) is 0 Å². The van der Waals surface area contributed by atoms with Gasteiger partial charge in [0.05, 0.1) is 51.6 Å². The smallest absolute Gasteiger partial charge is 0.144 e. The van der Waals surface area contributed by atoms with Gasteiger partial charge in [-0.25, -0.2) is 0 Å². The molecule has 2 aromatic rings. The molecule has 0 fully saturated rings. The summed E-state index contributed by atoms with van der Waals surface area (Å²) in [4.78, 5) is 0. The SMILES string of the molecule is Cn1cc(/C(N)=C(\C#N)C(c2ccc(Cl)c(Cl)c2)C(C#N)C#N)cn1. The zero-order valence-electron chi connectivity index (χ0n) is 13.1. The molecule has 0 amide bonds. The number of hydrogen-bond donors (Lipinski definition) is 1. The van der Waals surface area contributed by atoms with Gasteiger partial charge in [0.2, 0.25) is 0 Å². The van der Waals surface area contributed by atoms with E-state index in [4.69, 9.17) is 28.9 Å². The fourth-order valence-corrected chi connectivity index (χ4v) is 2.73. The van der Waals surface area contributed by atoms with Crippen molar-refractivity contribution in [3.05, 3.63) is 57.3 Å². The molecule has 1 aromatic heterocycles. The minimum Gasteiger partial charge on any atom is -0.397 e. The highest BCUT2D eigenvalue weighted by Crippen LogP contribution is 2.37. The molecular formula is C17H12Cl2N6. The zero-order chi connectivity index (χ0) is 18.6. The van der Waals surface area contributed by atoms with Gasteiger partial charge < -0.3 is 5.73 Å². The van der Waals surface area contributed by atoms with Crippen molar-refractivity contribution in [1.82, 2.24) is 9.78 Å². The van der Waals surface area contributed by atoms with Crippen molar-refractivity contribution in [1.29, 1.82) is 15.8 Å². The Morgan fingerprint density at radius 3 is 2.36 bits per heavy atom. The van der Waals surface area contributed by atoms with E-state index in [2.05, 4.69) is 5.10 Å². The van der Waals surface area contributed by atoms with E-state index < -0.39 is 11.8 Å². The predicted molar refractivity (Wildman–Crippen MR) is 93.8 cm³/mol. The van der Waals surface area contributed by atoms with Gasteiger partial charge in [-0.2, -0.15) is 20.9 Å². The minimum absolute atomic E-state index is 0.0967. The molecule has 1 unspecified atom stereocenters. The van der Waals surface area contributed by atoms with E-state index in [0.29, 0.717) is 16.1 Å². The van der Waals surface area contributed by atoms with E-state index in [-0.39, 0.29) is 16.3 Å². The average Bonchev–Trinajstić information content (AvgIpc) is 3.04. The van der Waals surface area contributed by atoms with Crippen molar-refractivity contribution in [3.63, 3.8) is 0 Å². The van der Waals surface area contributed by atoms with Crippen LogP contribution in [0.3, 0.4) is 0 Å². The number of hydrogen-bond acceptors (Lipinski definition) is 5. The van der Waals surface area contributed by atoms with Gasteiger partial charge in [0.25, 0.3) is 0 Å². The van der Waals surface area contributed by atoms with Crippen LogP contribution in [-0.4, -0.2) is 9.78 Å². The lowest BCUT2D eigenvalue weighted by molar-refractivity contribution is 0.711. The van der Waals surface area contributed by atoms with Gasteiger partial charge in [-0.1, -0.05) is 29.3 Å². The number of allylic oxidation sites excluding steroid dienone is 1. The second-order valence-corrected chi connectivity index (χ2v) is 6.04. The summed E-state index contributed by atoms with van der Waals surface area (Å²) in [6, 6.07) is 10.6. The Kier molecular flexibility index (Phi) is 5.67. The van der Waals surface area contributed by atoms with Gasteiger partial charge in [-0.05, 0) is 17.7 Å². The summed E-state index contributed by atoms with van der Waals surface area (Å²) < 4.78 is 1.54. The number of rotatable bonds is 4. The highest BCUT2D eigenvalue weighted by molar-refractivity contribution is 6.42. The lowest BCUT2D eigenvalue weighted by Gasteiger charge is -2.19. The van der Waals surface area contributed by atoms with Crippen LogP contribution in [-0.2, 0) is 7.05 Å². The monoisotopic (exact) mass is 370 g/mol. The number of halogens is 2. The van der Waals surface area contributed by atoms with Crippen LogP contribution in [0.1, 0.15) is 17.0 Å². The first kappa shape index (κ1) is 18.4. The lowest BCUT2D eigenvalue weighted by Crippen LogP contribution is -2.16. The molecule has 8 heteroatoms. The molecule has 0 aliphatic rings. The maximum absolute atomic E-state index is 9.67. The van der Waals surface area contributed by atoms with E-state index in [9.17, 15) is 15.8 Å². The van der Waals surface area contributed by atoms with Gasteiger partial charge in [0, 0.05) is 18.8 Å². The van der Waals surface area contributed by atoms with E-state index in [1.54, 1.807) is 25.4 Å². The van der Waals surface area contributed by atoms with Crippen LogP contribution in [0.5, 0.6) is 0 Å². The van der Waals surface area contributed by atoms with E-state index in [1.165, 1.54) is 16.9 Å². The fraction of sp³-hybridized carbons (Fsp3) is 0.176. The number of aryl methyl sites for hydroxylation is 1. The Labute approximate surface area is 154 Å². The molecule has 0 saturated heterocycles. The first-order valence-corrected chi connectivity index (χ1v) is 7.81. The molecule has 1 aromatic carbocycles. The predicted octanol–water partition coefficient (Wildman–Crippen LogP) is 3.37. The summed E-state index contributed by atoms with van der Waals surface area (Å²) in [6.45, 7) is 0. The van der Waals surface area contributed by atoms with Crippen LogP contribution in [0.2, 0.25) is 10.0 Å². The Morgan fingerprint density at radius 1 is 1.20 bits per heavy atom. The molecule has 0 aliphatic carbocycles. The second kappa shape index (κ2) is 7.73. The third-order valence-electron chi connectivity index (χ3n) is 3.65. The summed E-state index contributed by atoms with van der Waals surface area (Å²) >= 11 is 12.0. The van der Waals surface area contributed by atoms with Gasteiger partial charge in [-0.3, -0.25) is 4.68 Å².